The summed E-state index contributed by atoms with van der Waals surface area (Å²) in [5.74, 6) is 0. The zero-order valence-electron chi connectivity index (χ0n) is 10.8. The Labute approximate surface area is 100 Å². The van der Waals surface area contributed by atoms with Crippen molar-refractivity contribution in [2.75, 3.05) is 21.3 Å². The first-order chi connectivity index (χ1) is 7.79. The van der Waals surface area contributed by atoms with Crippen molar-refractivity contribution in [2.24, 2.45) is 0 Å². The largest absolute Gasteiger partial charge is 0.531 e. The average Bonchev–Trinajstić information content (AvgIpc) is 2.46. The Morgan fingerprint density at radius 2 is 1.44 bits per heavy atom. The van der Waals surface area contributed by atoms with Crippen molar-refractivity contribution >= 4 is 8.80 Å². The molecule has 0 saturated carbocycles. The van der Waals surface area contributed by atoms with Crippen molar-refractivity contribution in [3.63, 3.8) is 0 Å². The molecule has 16 heavy (non-hydrogen) atoms. The highest BCUT2D eigenvalue weighted by Gasteiger charge is 2.42. The maximum atomic E-state index is 5.54. The van der Waals surface area contributed by atoms with Crippen LogP contribution in [-0.4, -0.2) is 30.1 Å². The molecule has 0 radical (unpaired) electrons. The van der Waals surface area contributed by atoms with E-state index in [9.17, 15) is 0 Å². The number of hydrogen-bond acceptors (Lipinski definition) is 3. The second kappa shape index (κ2) is 7.22. The minimum Gasteiger partial charge on any atom is -0.374 e. The van der Waals surface area contributed by atoms with Crippen LogP contribution in [0.2, 0.25) is 0 Å². The van der Waals surface area contributed by atoms with Crippen LogP contribution in [-0.2, 0) is 13.3 Å². The maximum absolute atomic E-state index is 5.54. The standard InChI is InChI=1S/C12H24O3Si/c1-13-16(14-2,15-3)12-10-8-6-4-5-7-9-11-12/h10H,4-9,11H2,1-3H3/b12-10+. The second-order valence-corrected chi connectivity index (χ2v) is 7.18. The lowest BCUT2D eigenvalue weighted by Gasteiger charge is -2.27. The van der Waals surface area contributed by atoms with Gasteiger partial charge in [-0.05, 0) is 30.9 Å². The van der Waals surface area contributed by atoms with E-state index in [1.165, 1.54) is 37.3 Å². The molecule has 0 unspecified atom stereocenters. The summed E-state index contributed by atoms with van der Waals surface area (Å²) in [7, 11) is 2.53. The molecule has 4 heteroatoms. The van der Waals surface area contributed by atoms with Gasteiger partial charge in [0.1, 0.15) is 0 Å². The van der Waals surface area contributed by atoms with Gasteiger partial charge in [0.2, 0.25) is 0 Å². The molecular weight excluding hydrogens is 220 g/mol. The lowest BCUT2D eigenvalue weighted by Crippen LogP contribution is -2.45. The van der Waals surface area contributed by atoms with E-state index in [1.807, 2.05) is 0 Å². The predicted octanol–water partition coefficient (Wildman–Crippen LogP) is 3.07. The fourth-order valence-electron chi connectivity index (χ4n) is 2.29. The zero-order chi connectivity index (χ0) is 11.9. The van der Waals surface area contributed by atoms with Crippen LogP contribution in [0.15, 0.2) is 11.3 Å². The van der Waals surface area contributed by atoms with Gasteiger partial charge in [-0.3, -0.25) is 0 Å². The lowest BCUT2D eigenvalue weighted by molar-refractivity contribution is 0.133. The fraction of sp³-hybridized carbons (Fsp3) is 0.833. The summed E-state index contributed by atoms with van der Waals surface area (Å²) in [6.45, 7) is 0. The molecule has 1 aliphatic rings. The van der Waals surface area contributed by atoms with Crippen LogP contribution >= 0.6 is 0 Å². The number of hydrogen-bond donors (Lipinski definition) is 0. The van der Waals surface area contributed by atoms with E-state index in [4.69, 9.17) is 13.3 Å². The Morgan fingerprint density at radius 3 is 2.06 bits per heavy atom. The molecule has 0 aromatic heterocycles. The molecule has 0 saturated heterocycles. The summed E-state index contributed by atoms with van der Waals surface area (Å²) < 4.78 is 16.6. The van der Waals surface area contributed by atoms with Crippen molar-refractivity contribution in [1.82, 2.24) is 0 Å². The van der Waals surface area contributed by atoms with E-state index in [2.05, 4.69) is 6.08 Å². The molecule has 0 aromatic rings. The molecule has 94 valence electrons. The average molecular weight is 244 g/mol. The fourth-order valence-corrected chi connectivity index (χ4v) is 4.45. The number of rotatable bonds is 4. The van der Waals surface area contributed by atoms with Crippen LogP contribution in [0.4, 0.5) is 0 Å². The summed E-state index contributed by atoms with van der Waals surface area (Å²) in [6.07, 6.45) is 10.9. The topological polar surface area (TPSA) is 27.7 Å². The van der Waals surface area contributed by atoms with Crippen LogP contribution in [0, 0.1) is 0 Å². The smallest absolute Gasteiger partial charge is 0.374 e. The first-order valence-electron chi connectivity index (χ1n) is 6.14. The molecule has 0 fully saturated rings. The van der Waals surface area contributed by atoms with Crippen molar-refractivity contribution in [3.05, 3.63) is 11.3 Å². The minimum absolute atomic E-state index is 1.06. The Bertz CT molecular complexity index is 216. The van der Waals surface area contributed by atoms with Crippen molar-refractivity contribution in [2.45, 2.75) is 44.9 Å². The van der Waals surface area contributed by atoms with E-state index in [0.717, 1.165) is 12.8 Å². The summed E-state index contributed by atoms with van der Waals surface area (Å²) in [4.78, 5) is 0. The van der Waals surface area contributed by atoms with Crippen molar-refractivity contribution in [3.8, 4) is 0 Å². The van der Waals surface area contributed by atoms with Crippen LogP contribution in [0.5, 0.6) is 0 Å². The highest BCUT2D eigenvalue weighted by atomic mass is 28.4. The molecule has 0 atom stereocenters. The number of allylic oxidation sites excluding steroid dienone is 2. The second-order valence-electron chi connectivity index (χ2n) is 4.20. The van der Waals surface area contributed by atoms with Gasteiger partial charge in [0, 0.05) is 21.3 Å². The zero-order valence-corrected chi connectivity index (χ0v) is 11.8. The Kier molecular flexibility index (Phi) is 6.27. The predicted molar refractivity (Wildman–Crippen MR) is 67.2 cm³/mol. The van der Waals surface area contributed by atoms with Crippen LogP contribution in [0.25, 0.3) is 0 Å². The molecule has 0 amide bonds. The maximum Gasteiger partial charge on any atom is 0.531 e. The first-order valence-corrected chi connectivity index (χ1v) is 7.86. The van der Waals surface area contributed by atoms with Gasteiger partial charge in [0.25, 0.3) is 0 Å². The summed E-state index contributed by atoms with van der Waals surface area (Å²) in [5, 5.41) is 1.27. The lowest BCUT2D eigenvalue weighted by atomic mass is 10.1. The molecule has 0 N–H and O–H groups in total. The third-order valence-electron chi connectivity index (χ3n) is 3.24. The summed E-state index contributed by atoms with van der Waals surface area (Å²) in [5.41, 5.74) is 0. The van der Waals surface area contributed by atoms with E-state index in [0.29, 0.717) is 0 Å². The summed E-state index contributed by atoms with van der Waals surface area (Å²) >= 11 is 0. The molecule has 1 aliphatic carbocycles. The SMILES string of the molecule is CO[Si](OC)(OC)/C1=C/CCCCCCC1. The Hall–Kier alpha value is -0.163. The Balaban J connectivity index is 2.78. The molecule has 3 nitrogen and oxygen atoms in total. The Morgan fingerprint density at radius 1 is 0.875 bits per heavy atom. The highest BCUT2D eigenvalue weighted by Crippen LogP contribution is 2.26. The van der Waals surface area contributed by atoms with E-state index < -0.39 is 8.80 Å². The first kappa shape index (κ1) is 13.9. The van der Waals surface area contributed by atoms with Gasteiger partial charge in [-0.25, -0.2) is 0 Å². The molecular formula is C12H24O3Si. The molecule has 0 bridgehead atoms. The highest BCUT2D eigenvalue weighted by molar-refractivity contribution is 6.68. The van der Waals surface area contributed by atoms with Gasteiger partial charge in [-0.15, -0.1) is 0 Å². The van der Waals surface area contributed by atoms with Gasteiger partial charge in [-0.1, -0.05) is 25.3 Å². The van der Waals surface area contributed by atoms with Gasteiger partial charge >= 0.3 is 8.80 Å². The van der Waals surface area contributed by atoms with Gasteiger partial charge in [0.05, 0.1) is 0 Å². The van der Waals surface area contributed by atoms with Gasteiger partial charge in [-0.2, -0.15) is 0 Å². The molecule has 0 spiro atoms. The summed E-state index contributed by atoms with van der Waals surface area (Å²) in [6, 6.07) is 0. The third-order valence-corrected chi connectivity index (χ3v) is 6.09. The molecule has 0 aromatic carbocycles. The monoisotopic (exact) mass is 244 g/mol. The normalized spacial score (nSPS) is 22.8. The van der Waals surface area contributed by atoms with E-state index in [-0.39, 0.29) is 0 Å². The van der Waals surface area contributed by atoms with Crippen LogP contribution < -0.4 is 0 Å². The van der Waals surface area contributed by atoms with E-state index in [1.54, 1.807) is 21.3 Å². The van der Waals surface area contributed by atoms with Crippen LogP contribution in [0.1, 0.15) is 44.9 Å². The van der Waals surface area contributed by atoms with Gasteiger partial charge in [0.15, 0.2) is 0 Å². The molecule has 0 heterocycles. The van der Waals surface area contributed by atoms with E-state index >= 15 is 0 Å². The molecule has 1 rings (SSSR count). The molecule has 0 aliphatic heterocycles. The van der Waals surface area contributed by atoms with Crippen molar-refractivity contribution in [1.29, 1.82) is 0 Å². The third kappa shape index (κ3) is 3.42. The van der Waals surface area contributed by atoms with Crippen LogP contribution in [0.3, 0.4) is 0 Å². The minimum atomic E-state index is -2.53. The van der Waals surface area contributed by atoms with Crippen molar-refractivity contribution < 1.29 is 13.3 Å². The quantitative estimate of drug-likeness (QED) is 0.711. The van der Waals surface area contributed by atoms with Gasteiger partial charge < -0.3 is 13.3 Å².